The maximum atomic E-state index is 14.0. The van der Waals surface area contributed by atoms with Crippen LogP contribution in [0.5, 0.6) is 0 Å². The van der Waals surface area contributed by atoms with Crippen LogP contribution >= 0.6 is 27.5 Å². The Morgan fingerprint density at radius 2 is 1.57 bits per heavy atom. The van der Waals surface area contributed by atoms with Gasteiger partial charge in [0, 0.05) is 22.6 Å². The predicted molar refractivity (Wildman–Crippen MR) is 164 cm³/mol. The number of carbonyl (C=O) groups is 2. The standard InChI is InChI=1S/C30H35BrClN3O4S/c1-20(2)17-33-30(37)23(5)34(18-24-9-11-25(31)12-10-24)29(36)19-35(26-13-8-22(4)28(32)16-26)40(38,39)27-14-6-21(3)7-15-27/h6-16,20,23H,17-19H2,1-5H3,(H,33,37)/t23-/m1/s1. The average Bonchev–Trinajstić information content (AvgIpc) is 2.91. The first kappa shape index (κ1) is 31.6. The molecule has 3 aromatic carbocycles. The molecule has 0 aliphatic carbocycles. The van der Waals surface area contributed by atoms with Gasteiger partial charge in [-0.1, -0.05) is 77.3 Å². The second kappa shape index (κ2) is 13.7. The van der Waals surface area contributed by atoms with Crippen LogP contribution < -0.4 is 9.62 Å². The molecule has 10 heteroatoms. The van der Waals surface area contributed by atoms with Gasteiger partial charge in [-0.2, -0.15) is 0 Å². The van der Waals surface area contributed by atoms with Gasteiger partial charge in [0.1, 0.15) is 12.6 Å². The number of amides is 2. The summed E-state index contributed by atoms with van der Waals surface area (Å²) in [5.41, 5.74) is 2.73. The lowest BCUT2D eigenvalue weighted by Crippen LogP contribution is -2.51. The van der Waals surface area contributed by atoms with Crippen LogP contribution in [0.15, 0.2) is 76.1 Å². The molecule has 0 saturated heterocycles. The van der Waals surface area contributed by atoms with Crippen molar-refractivity contribution in [2.45, 2.75) is 52.1 Å². The molecule has 1 N–H and O–H groups in total. The van der Waals surface area contributed by atoms with Crippen LogP contribution in [-0.2, 0) is 26.2 Å². The number of sulfonamides is 1. The quantitative estimate of drug-likeness (QED) is 0.272. The van der Waals surface area contributed by atoms with Crippen molar-refractivity contribution >= 4 is 55.1 Å². The third-order valence-electron chi connectivity index (χ3n) is 6.45. The zero-order chi connectivity index (χ0) is 29.6. The van der Waals surface area contributed by atoms with Crippen LogP contribution in [0.3, 0.4) is 0 Å². The van der Waals surface area contributed by atoms with E-state index in [2.05, 4.69) is 21.2 Å². The van der Waals surface area contributed by atoms with Crippen molar-refractivity contribution in [3.8, 4) is 0 Å². The lowest BCUT2D eigenvalue weighted by Gasteiger charge is -2.32. The highest BCUT2D eigenvalue weighted by atomic mass is 79.9. The predicted octanol–water partition coefficient (Wildman–Crippen LogP) is 6.10. The number of benzene rings is 3. The summed E-state index contributed by atoms with van der Waals surface area (Å²) in [6, 6.07) is 17.9. The van der Waals surface area contributed by atoms with E-state index in [1.807, 2.05) is 52.0 Å². The lowest BCUT2D eigenvalue weighted by molar-refractivity contribution is -0.139. The summed E-state index contributed by atoms with van der Waals surface area (Å²) in [5.74, 6) is -0.610. The van der Waals surface area contributed by atoms with E-state index in [-0.39, 0.29) is 29.0 Å². The van der Waals surface area contributed by atoms with Gasteiger partial charge in [-0.25, -0.2) is 8.42 Å². The maximum absolute atomic E-state index is 14.0. The summed E-state index contributed by atoms with van der Waals surface area (Å²) < 4.78 is 29.7. The van der Waals surface area contributed by atoms with Gasteiger partial charge in [-0.3, -0.25) is 13.9 Å². The number of halogens is 2. The summed E-state index contributed by atoms with van der Waals surface area (Å²) >= 11 is 9.79. The fourth-order valence-electron chi connectivity index (χ4n) is 3.92. The van der Waals surface area contributed by atoms with Gasteiger partial charge in [0.25, 0.3) is 10.0 Å². The van der Waals surface area contributed by atoms with E-state index in [1.165, 1.54) is 23.1 Å². The van der Waals surface area contributed by atoms with Crippen molar-refractivity contribution < 1.29 is 18.0 Å². The molecule has 40 heavy (non-hydrogen) atoms. The van der Waals surface area contributed by atoms with E-state index in [0.717, 1.165) is 25.5 Å². The number of aryl methyl sites for hydroxylation is 2. The Balaban J connectivity index is 2.03. The zero-order valence-corrected chi connectivity index (χ0v) is 26.5. The minimum Gasteiger partial charge on any atom is -0.354 e. The third kappa shape index (κ3) is 8.08. The summed E-state index contributed by atoms with van der Waals surface area (Å²) in [6.07, 6.45) is 0. The molecular weight excluding hydrogens is 614 g/mol. The third-order valence-corrected chi connectivity index (χ3v) is 9.17. The minimum absolute atomic E-state index is 0.0461. The van der Waals surface area contributed by atoms with Gasteiger partial charge >= 0.3 is 0 Å². The molecule has 0 bridgehead atoms. The Labute approximate surface area is 250 Å². The van der Waals surface area contributed by atoms with E-state index >= 15 is 0 Å². The molecule has 0 saturated carbocycles. The SMILES string of the molecule is Cc1ccc(S(=O)(=O)N(CC(=O)N(Cc2ccc(Br)cc2)[C@H](C)C(=O)NCC(C)C)c2ccc(C)c(Cl)c2)cc1. The molecule has 0 unspecified atom stereocenters. The van der Waals surface area contributed by atoms with Crippen LogP contribution in [0.1, 0.15) is 37.5 Å². The van der Waals surface area contributed by atoms with Crippen LogP contribution in [0.4, 0.5) is 5.69 Å². The van der Waals surface area contributed by atoms with Crippen molar-refractivity contribution in [2.24, 2.45) is 5.92 Å². The lowest BCUT2D eigenvalue weighted by atomic mass is 10.1. The van der Waals surface area contributed by atoms with Gasteiger partial charge in [0.15, 0.2) is 0 Å². The van der Waals surface area contributed by atoms with E-state index in [9.17, 15) is 18.0 Å². The van der Waals surface area contributed by atoms with Crippen LogP contribution in [0, 0.1) is 19.8 Å². The Morgan fingerprint density at radius 1 is 0.950 bits per heavy atom. The summed E-state index contributed by atoms with van der Waals surface area (Å²) in [5, 5.41) is 3.26. The molecule has 1 atom stereocenters. The number of nitrogens with one attached hydrogen (secondary N) is 1. The normalized spacial score (nSPS) is 12.2. The molecule has 7 nitrogen and oxygen atoms in total. The molecule has 0 aliphatic heterocycles. The number of carbonyl (C=O) groups excluding carboxylic acids is 2. The van der Waals surface area contributed by atoms with Gasteiger partial charge in [0.2, 0.25) is 11.8 Å². The Morgan fingerprint density at radius 3 is 2.15 bits per heavy atom. The highest BCUT2D eigenvalue weighted by molar-refractivity contribution is 9.10. The van der Waals surface area contributed by atoms with E-state index in [0.29, 0.717) is 11.6 Å². The number of rotatable bonds is 11. The number of nitrogens with zero attached hydrogens (tertiary/aromatic N) is 2. The second-order valence-electron chi connectivity index (χ2n) is 10.2. The molecule has 0 radical (unpaired) electrons. The van der Waals surface area contributed by atoms with Gasteiger partial charge in [-0.05, 0) is 74.2 Å². The number of hydrogen-bond acceptors (Lipinski definition) is 4. The maximum Gasteiger partial charge on any atom is 0.264 e. The molecule has 214 valence electrons. The number of anilines is 1. The summed E-state index contributed by atoms with van der Waals surface area (Å²) in [6.45, 7) is 9.35. The topological polar surface area (TPSA) is 86.8 Å². The summed E-state index contributed by atoms with van der Waals surface area (Å²) in [4.78, 5) is 28.5. The van der Waals surface area contributed by atoms with Crippen molar-refractivity contribution in [1.82, 2.24) is 10.2 Å². The molecular formula is C30H35BrClN3O4S. The molecule has 0 aliphatic rings. The van der Waals surface area contributed by atoms with Gasteiger partial charge < -0.3 is 10.2 Å². The number of hydrogen-bond donors (Lipinski definition) is 1. The second-order valence-corrected chi connectivity index (χ2v) is 13.4. The largest absolute Gasteiger partial charge is 0.354 e. The first-order chi connectivity index (χ1) is 18.8. The monoisotopic (exact) mass is 647 g/mol. The molecule has 0 fully saturated rings. The minimum atomic E-state index is -4.15. The first-order valence-corrected chi connectivity index (χ1v) is 15.6. The first-order valence-electron chi connectivity index (χ1n) is 13.0. The molecule has 3 aromatic rings. The summed E-state index contributed by atoms with van der Waals surface area (Å²) in [7, 11) is -4.15. The molecule has 2 amide bonds. The molecule has 0 aromatic heterocycles. The molecule has 0 heterocycles. The van der Waals surface area contributed by atoms with Crippen molar-refractivity contribution in [1.29, 1.82) is 0 Å². The highest BCUT2D eigenvalue weighted by Gasteiger charge is 2.32. The van der Waals surface area contributed by atoms with Crippen LogP contribution in [0.2, 0.25) is 5.02 Å². The van der Waals surface area contributed by atoms with Crippen molar-refractivity contribution in [3.05, 3.63) is 92.9 Å². The van der Waals surface area contributed by atoms with E-state index in [1.54, 1.807) is 31.2 Å². The van der Waals surface area contributed by atoms with E-state index < -0.39 is 28.5 Å². The van der Waals surface area contributed by atoms with Crippen molar-refractivity contribution in [2.75, 3.05) is 17.4 Å². The van der Waals surface area contributed by atoms with Crippen LogP contribution in [0.25, 0.3) is 0 Å². The molecule has 3 rings (SSSR count). The van der Waals surface area contributed by atoms with Crippen LogP contribution in [-0.4, -0.2) is 44.3 Å². The van der Waals surface area contributed by atoms with Gasteiger partial charge in [0.05, 0.1) is 10.6 Å². The Hall–Kier alpha value is -2.88. The fraction of sp³-hybridized carbons (Fsp3) is 0.333. The highest BCUT2D eigenvalue weighted by Crippen LogP contribution is 2.29. The zero-order valence-electron chi connectivity index (χ0n) is 23.3. The molecule has 0 spiro atoms. The smallest absolute Gasteiger partial charge is 0.264 e. The average molecular weight is 649 g/mol. The van der Waals surface area contributed by atoms with Gasteiger partial charge in [-0.15, -0.1) is 0 Å². The Bertz CT molecular complexity index is 1440. The van der Waals surface area contributed by atoms with Crippen molar-refractivity contribution in [3.63, 3.8) is 0 Å². The van der Waals surface area contributed by atoms with E-state index in [4.69, 9.17) is 11.6 Å². The fourth-order valence-corrected chi connectivity index (χ4v) is 5.77. The Kier molecular flexibility index (Phi) is 10.8.